The Balaban J connectivity index is 2.09. The molecule has 2 N–H and O–H groups in total. The van der Waals surface area contributed by atoms with Crippen LogP contribution in [0.5, 0.6) is 5.75 Å². The number of ether oxygens (including phenoxy) is 1. The van der Waals surface area contributed by atoms with Gasteiger partial charge < -0.3 is 10.5 Å². The summed E-state index contributed by atoms with van der Waals surface area (Å²) in [6.45, 7) is 0.269. The summed E-state index contributed by atoms with van der Waals surface area (Å²) in [4.78, 5) is 0. The lowest BCUT2D eigenvalue weighted by molar-refractivity contribution is 0.306. The number of hydrogen-bond donors (Lipinski definition) is 1. The standard InChI is InChI=1S/C13H10Cl2FNO/c14-9-2-1-8(13(17)5-9)7-18-10-3-4-12(16)11(15)6-10/h1-6H,7,17H2. The molecule has 0 heterocycles. The molecule has 5 heteroatoms. The zero-order chi connectivity index (χ0) is 13.1. The van der Waals surface area contributed by atoms with Gasteiger partial charge >= 0.3 is 0 Å². The second kappa shape index (κ2) is 5.46. The first-order chi connectivity index (χ1) is 8.56. The number of nitrogen functional groups attached to an aromatic ring is 1. The molecular formula is C13H10Cl2FNO. The van der Waals surface area contributed by atoms with Crippen LogP contribution in [-0.2, 0) is 6.61 Å². The van der Waals surface area contributed by atoms with Crippen LogP contribution in [0.4, 0.5) is 10.1 Å². The molecule has 0 unspecified atom stereocenters. The third-order valence-corrected chi connectivity index (χ3v) is 2.92. The van der Waals surface area contributed by atoms with Gasteiger partial charge in [0.1, 0.15) is 18.2 Å². The van der Waals surface area contributed by atoms with E-state index in [0.717, 1.165) is 5.56 Å². The molecule has 0 bridgehead atoms. The van der Waals surface area contributed by atoms with Crippen LogP contribution in [-0.4, -0.2) is 0 Å². The van der Waals surface area contributed by atoms with Crippen LogP contribution >= 0.6 is 23.2 Å². The van der Waals surface area contributed by atoms with Gasteiger partial charge in [-0.15, -0.1) is 0 Å². The van der Waals surface area contributed by atoms with Crippen molar-refractivity contribution in [2.24, 2.45) is 0 Å². The van der Waals surface area contributed by atoms with Crippen LogP contribution in [0.3, 0.4) is 0 Å². The van der Waals surface area contributed by atoms with Crippen LogP contribution in [0.15, 0.2) is 36.4 Å². The number of anilines is 1. The average Bonchev–Trinajstić information content (AvgIpc) is 2.32. The van der Waals surface area contributed by atoms with E-state index in [9.17, 15) is 4.39 Å². The number of hydrogen-bond acceptors (Lipinski definition) is 2. The lowest BCUT2D eigenvalue weighted by Crippen LogP contribution is -2.00. The van der Waals surface area contributed by atoms with Crippen molar-refractivity contribution in [2.75, 3.05) is 5.73 Å². The van der Waals surface area contributed by atoms with Crippen LogP contribution in [0.25, 0.3) is 0 Å². The summed E-state index contributed by atoms with van der Waals surface area (Å²) in [6.07, 6.45) is 0. The molecule has 94 valence electrons. The molecule has 2 rings (SSSR count). The first-order valence-corrected chi connectivity index (χ1v) is 5.93. The van der Waals surface area contributed by atoms with Crippen molar-refractivity contribution in [1.29, 1.82) is 0 Å². The molecular weight excluding hydrogens is 276 g/mol. The van der Waals surface area contributed by atoms with E-state index >= 15 is 0 Å². The van der Waals surface area contributed by atoms with Crippen LogP contribution in [0.1, 0.15) is 5.56 Å². The molecule has 0 fully saturated rings. The Bertz CT molecular complexity index is 575. The highest BCUT2D eigenvalue weighted by atomic mass is 35.5. The highest BCUT2D eigenvalue weighted by molar-refractivity contribution is 6.31. The molecule has 0 saturated carbocycles. The summed E-state index contributed by atoms with van der Waals surface area (Å²) in [5.74, 6) is 0.00535. The minimum absolute atomic E-state index is 0.0246. The minimum Gasteiger partial charge on any atom is -0.489 e. The van der Waals surface area contributed by atoms with Gasteiger partial charge in [0.05, 0.1) is 5.02 Å². The van der Waals surface area contributed by atoms with Gasteiger partial charge in [-0.2, -0.15) is 0 Å². The summed E-state index contributed by atoms with van der Waals surface area (Å²) in [6, 6.07) is 9.34. The highest BCUT2D eigenvalue weighted by Gasteiger charge is 2.04. The van der Waals surface area contributed by atoms with Gasteiger partial charge in [-0.25, -0.2) is 4.39 Å². The van der Waals surface area contributed by atoms with Gasteiger partial charge in [-0.3, -0.25) is 0 Å². The fraction of sp³-hybridized carbons (Fsp3) is 0.0769. The first kappa shape index (κ1) is 13.0. The summed E-state index contributed by atoms with van der Waals surface area (Å²) < 4.78 is 18.4. The van der Waals surface area contributed by atoms with Gasteiger partial charge in [-0.05, 0) is 24.3 Å². The van der Waals surface area contributed by atoms with E-state index in [1.807, 2.05) is 0 Å². The van der Waals surface area contributed by atoms with Gasteiger partial charge in [0, 0.05) is 22.3 Å². The molecule has 0 saturated heterocycles. The molecule has 2 nitrogen and oxygen atoms in total. The van der Waals surface area contributed by atoms with Crippen LogP contribution < -0.4 is 10.5 Å². The van der Waals surface area contributed by atoms with E-state index < -0.39 is 5.82 Å². The molecule has 0 amide bonds. The van der Waals surface area contributed by atoms with Gasteiger partial charge in [0.25, 0.3) is 0 Å². The summed E-state index contributed by atoms with van der Waals surface area (Å²) in [5.41, 5.74) is 7.15. The van der Waals surface area contributed by atoms with E-state index in [0.29, 0.717) is 16.5 Å². The van der Waals surface area contributed by atoms with Crippen LogP contribution in [0, 0.1) is 5.82 Å². The fourth-order valence-electron chi connectivity index (χ4n) is 1.42. The predicted octanol–water partition coefficient (Wildman–Crippen LogP) is 4.29. The van der Waals surface area contributed by atoms with Crippen molar-refractivity contribution >= 4 is 28.9 Å². The average molecular weight is 286 g/mol. The summed E-state index contributed by atoms with van der Waals surface area (Å²) in [7, 11) is 0. The quantitative estimate of drug-likeness (QED) is 0.854. The Morgan fingerprint density at radius 1 is 1.11 bits per heavy atom. The largest absolute Gasteiger partial charge is 0.489 e. The lowest BCUT2D eigenvalue weighted by atomic mass is 10.2. The van der Waals surface area contributed by atoms with E-state index in [4.69, 9.17) is 33.7 Å². The maximum Gasteiger partial charge on any atom is 0.142 e. The minimum atomic E-state index is -0.477. The Hall–Kier alpha value is -1.45. The van der Waals surface area contributed by atoms with E-state index in [1.54, 1.807) is 18.2 Å². The predicted molar refractivity (Wildman–Crippen MR) is 71.6 cm³/mol. The Morgan fingerprint density at radius 3 is 2.56 bits per heavy atom. The third kappa shape index (κ3) is 3.06. The smallest absolute Gasteiger partial charge is 0.142 e. The van der Waals surface area contributed by atoms with E-state index in [1.165, 1.54) is 18.2 Å². The van der Waals surface area contributed by atoms with Gasteiger partial charge in [-0.1, -0.05) is 29.3 Å². The highest BCUT2D eigenvalue weighted by Crippen LogP contribution is 2.23. The molecule has 2 aromatic carbocycles. The fourth-order valence-corrected chi connectivity index (χ4v) is 1.78. The van der Waals surface area contributed by atoms with E-state index in [-0.39, 0.29) is 11.6 Å². The van der Waals surface area contributed by atoms with Crippen molar-refractivity contribution in [3.05, 3.63) is 57.8 Å². The van der Waals surface area contributed by atoms with Crippen LogP contribution in [0.2, 0.25) is 10.0 Å². The second-order valence-electron chi connectivity index (χ2n) is 3.71. The Morgan fingerprint density at radius 2 is 1.89 bits per heavy atom. The maximum atomic E-state index is 12.9. The number of benzene rings is 2. The zero-order valence-electron chi connectivity index (χ0n) is 9.29. The number of rotatable bonds is 3. The topological polar surface area (TPSA) is 35.2 Å². The second-order valence-corrected chi connectivity index (χ2v) is 4.55. The molecule has 0 spiro atoms. The van der Waals surface area contributed by atoms with Crippen molar-refractivity contribution in [3.63, 3.8) is 0 Å². The third-order valence-electron chi connectivity index (χ3n) is 2.39. The van der Waals surface area contributed by atoms with Crippen molar-refractivity contribution in [1.82, 2.24) is 0 Å². The molecule has 0 atom stereocenters. The summed E-state index contributed by atoms with van der Waals surface area (Å²) in [5, 5.41) is 0.595. The molecule has 0 aliphatic rings. The van der Waals surface area contributed by atoms with Gasteiger partial charge in [0.15, 0.2) is 0 Å². The monoisotopic (exact) mass is 285 g/mol. The molecule has 0 aliphatic heterocycles. The maximum absolute atomic E-state index is 12.9. The number of nitrogens with two attached hydrogens (primary N) is 1. The molecule has 0 radical (unpaired) electrons. The first-order valence-electron chi connectivity index (χ1n) is 5.18. The molecule has 18 heavy (non-hydrogen) atoms. The van der Waals surface area contributed by atoms with Crippen molar-refractivity contribution in [3.8, 4) is 5.75 Å². The Labute approximate surface area is 114 Å². The van der Waals surface area contributed by atoms with Crippen molar-refractivity contribution in [2.45, 2.75) is 6.61 Å². The molecule has 0 aliphatic carbocycles. The Kier molecular flexibility index (Phi) is 3.94. The zero-order valence-corrected chi connectivity index (χ0v) is 10.8. The number of halogens is 3. The normalized spacial score (nSPS) is 10.4. The molecule has 0 aromatic heterocycles. The van der Waals surface area contributed by atoms with Crippen molar-refractivity contribution < 1.29 is 9.13 Å². The van der Waals surface area contributed by atoms with Gasteiger partial charge in [0.2, 0.25) is 0 Å². The lowest BCUT2D eigenvalue weighted by Gasteiger charge is -2.09. The van der Waals surface area contributed by atoms with E-state index in [2.05, 4.69) is 0 Å². The summed E-state index contributed by atoms with van der Waals surface area (Å²) >= 11 is 11.4. The molecule has 2 aromatic rings. The SMILES string of the molecule is Nc1cc(Cl)ccc1COc1ccc(F)c(Cl)c1.